The second-order valence-electron chi connectivity index (χ2n) is 3.48. The van der Waals surface area contributed by atoms with Crippen molar-refractivity contribution in [2.75, 3.05) is 11.5 Å². The zero-order chi connectivity index (χ0) is 10.7. The quantitative estimate of drug-likeness (QED) is 0.625. The zero-order valence-corrected chi connectivity index (χ0v) is 15.2. The van der Waals surface area contributed by atoms with Gasteiger partial charge in [0.05, 0.1) is 0 Å². The predicted octanol–water partition coefficient (Wildman–Crippen LogP) is 2.04. The molecule has 0 aliphatic rings. The standard InChI is InChI=1S/C13H12N2.2Y/c14-12-5-1-3-10(8-12)7-11-4-2-6-13(15)9-11;;/h1-4,8-9H,7,14-15H2;;/q-2;;. The zero-order valence-electron chi connectivity index (χ0n) is 9.48. The van der Waals surface area contributed by atoms with E-state index in [9.17, 15) is 0 Å². The molecule has 2 aromatic carbocycles. The maximum absolute atomic E-state index is 5.66. The van der Waals surface area contributed by atoms with Crippen LogP contribution in [-0.2, 0) is 71.8 Å². The second kappa shape index (κ2) is 8.37. The molecule has 2 rings (SSSR count). The number of benzene rings is 2. The van der Waals surface area contributed by atoms with Crippen LogP contribution in [0.15, 0.2) is 36.4 Å². The summed E-state index contributed by atoms with van der Waals surface area (Å²) in [5, 5.41) is 0. The molecule has 0 saturated heterocycles. The minimum Gasteiger partial charge on any atom is -0.420 e. The third-order valence-corrected chi connectivity index (χ3v) is 2.18. The molecule has 0 aliphatic heterocycles. The molecule has 0 aliphatic carbocycles. The largest absolute Gasteiger partial charge is 0.420 e. The molecule has 0 aromatic heterocycles. The Morgan fingerprint density at radius 1 is 0.824 bits per heavy atom. The van der Waals surface area contributed by atoms with E-state index in [0.717, 1.165) is 17.5 Å². The first-order valence-corrected chi connectivity index (χ1v) is 4.76. The van der Waals surface area contributed by atoms with Crippen molar-refractivity contribution in [3.63, 3.8) is 0 Å². The number of nitrogen functional groups attached to an aromatic ring is 2. The monoisotopic (exact) mass is 374 g/mol. The van der Waals surface area contributed by atoms with Gasteiger partial charge in [-0.05, 0) is 6.42 Å². The van der Waals surface area contributed by atoms with Crippen molar-refractivity contribution >= 4 is 11.4 Å². The predicted molar refractivity (Wildman–Crippen MR) is 62.2 cm³/mol. The molecule has 0 spiro atoms. The van der Waals surface area contributed by atoms with Crippen LogP contribution in [0.5, 0.6) is 0 Å². The van der Waals surface area contributed by atoms with Gasteiger partial charge in [-0.15, -0.1) is 12.1 Å². The second-order valence-corrected chi connectivity index (χ2v) is 3.48. The van der Waals surface area contributed by atoms with Gasteiger partial charge >= 0.3 is 0 Å². The molecular formula is C13H12N2Y2-2. The summed E-state index contributed by atoms with van der Waals surface area (Å²) >= 11 is 0. The van der Waals surface area contributed by atoms with Gasteiger partial charge in [0.1, 0.15) is 0 Å². The van der Waals surface area contributed by atoms with Crippen molar-refractivity contribution in [2.45, 2.75) is 6.42 Å². The van der Waals surface area contributed by atoms with E-state index in [1.54, 1.807) is 0 Å². The molecule has 4 N–H and O–H groups in total. The van der Waals surface area contributed by atoms with Crippen molar-refractivity contribution in [2.24, 2.45) is 0 Å². The first-order valence-electron chi connectivity index (χ1n) is 4.76. The van der Waals surface area contributed by atoms with Gasteiger partial charge in [-0.1, -0.05) is 11.4 Å². The molecule has 2 aromatic rings. The number of hydrogen-bond donors (Lipinski definition) is 2. The SMILES string of the molecule is Nc1[c-]ccc(Cc2cc[c-]c(N)c2)c1.[Y].[Y]. The van der Waals surface area contributed by atoms with E-state index < -0.39 is 0 Å². The molecule has 0 heterocycles. The summed E-state index contributed by atoms with van der Waals surface area (Å²) in [4.78, 5) is 0. The van der Waals surface area contributed by atoms with Crippen LogP contribution >= 0.6 is 0 Å². The molecule has 0 amide bonds. The first kappa shape index (κ1) is 17.2. The Bertz CT molecular complexity index is 429. The molecule has 4 heteroatoms. The normalized spacial score (nSPS) is 8.94. The maximum atomic E-state index is 5.66. The first-order chi connectivity index (χ1) is 7.24. The van der Waals surface area contributed by atoms with Crippen molar-refractivity contribution < 1.29 is 65.4 Å². The summed E-state index contributed by atoms with van der Waals surface area (Å²) in [5.41, 5.74) is 15.0. The van der Waals surface area contributed by atoms with Gasteiger partial charge < -0.3 is 11.5 Å². The summed E-state index contributed by atoms with van der Waals surface area (Å²) in [5.74, 6) is 0. The van der Waals surface area contributed by atoms with Crippen molar-refractivity contribution in [3.05, 3.63) is 59.7 Å². The Kier molecular flexibility index (Phi) is 8.49. The number of rotatable bonds is 2. The third kappa shape index (κ3) is 5.61. The fourth-order valence-electron chi connectivity index (χ4n) is 1.52. The van der Waals surface area contributed by atoms with Gasteiger partial charge in [-0.25, -0.2) is 0 Å². The fraction of sp³-hybridized carbons (Fsp3) is 0.0769. The molecule has 0 saturated carbocycles. The average molecular weight is 374 g/mol. The maximum Gasteiger partial charge on any atom is 0 e. The Morgan fingerprint density at radius 2 is 1.24 bits per heavy atom. The number of nitrogens with two attached hydrogens (primary N) is 2. The topological polar surface area (TPSA) is 52.0 Å². The van der Waals surface area contributed by atoms with Crippen molar-refractivity contribution in [1.82, 2.24) is 0 Å². The summed E-state index contributed by atoms with van der Waals surface area (Å²) < 4.78 is 0. The van der Waals surface area contributed by atoms with Gasteiger partial charge in [-0.3, -0.25) is 0 Å². The Labute approximate surface area is 152 Å². The van der Waals surface area contributed by atoms with Crippen LogP contribution in [0.2, 0.25) is 0 Å². The molecule has 0 bridgehead atoms. The summed E-state index contributed by atoms with van der Waals surface area (Å²) in [7, 11) is 0. The number of anilines is 2. The number of hydrogen-bond acceptors (Lipinski definition) is 2. The molecule has 0 unspecified atom stereocenters. The van der Waals surface area contributed by atoms with Gasteiger partial charge in [-0.2, -0.15) is 47.5 Å². The Morgan fingerprint density at radius 3 is 1.59 bits per heavy atom. The summed E-state index contributed by atoms with van der Waals surface area (Å²) in [6, 6.07) is 17.4. The van der Waals surface area contributed by atoms with E-state index in [2.05, 4.69) is 12.1 Å². The fourth-order valence-corrected chi connectivity index (χ4v) is 1.52. The molecule has 2 radical (unpaired) electrons. The van der Waals surface area contributed by atoms with E-state index in [1.807, 2.05) is 36.4 Å². The average Bonchev–Trinajstić information content (AvgIpc) is 2.17. The molecule has 0 atom stereocenters. The van der Waals surface area contributed by atoms with Crippen LogP contribution in [0.4, 0.5) is 11.4 Å². The van der Waals surface area contributed by atoms with Crippen LogP contribution in [0.25, 0.3) is 0 Å². The van der Waals surface area contributed by atoms with Crippen LogP contribution in [0.3, 0.4) is 0 Å². The van der Waals surface area contributed by atoms with Crippen LogP contribution in [0, 0.1) is 12.1 Å². The van der Waals surface area contributed by atoms with Gasteiger partial charge in [0.25, 0.3) is 0 Å². The Balaban J connectivity index is 0.00000128. The van der Waals surface area contributed by atoms with Gasteiger partial charge in [0.2, 0.25) is 0 Å². The third-order valence-electron chi connectivity index (χ3n) is 2.18. The molecular weight excluding hydrogens is 362 g/mol. The van der Waals surface area contributed by atoms with E-state index in [0.29, 0.717) is 11.4 Å². The van der Waals surface area contributed by atoms with Gasteiger partial charge in [0.15, 0.2) is 0 Å². The van der Waals surface area contributed by atoms with Crippen LogP contribution in [-0.4, -0.2) is 0 Å². The van der Waals surface area contributed by atoms with Crippen LogP contribution in [0.1, 0.15) is 11.1 Å². The minimum absolute atomic E-state index is 0. The van der Waals surface area contributed by atoms with Crippen molar-refractivity contribution in [3.8, 4) is 0 Å². The molecule has 17 heavy (non-hydrogen) atoms. The van der Waals surface area contributed by atoms with E-state index in [-0.39, 0.29) is 65.4 Å². The van der Waals surface area contributed by atoms with Crippen molar-refractivity contribution in [1.29, 1.82) is 0 Å². The minimum atomic E-state index is 0. The summed E-state index contributed by atoms with van der Waals surface area (Å²) in [6.45, 7) is 0. The summed E-state index contributed by atoms with van der Waals surface area (Å²) in [6.07, 6.45) is 0.831. The molecule has 82 valence electrons. The van der Waals surface area contributed by atoms with Gasteiger partial charge in [0, 0.05) is 65.4 Å². The molecule has 0 fully saturated rings. The smallest absolute Gasteiger partial charge is 0 e. The Hall–Kier alpha value is 0.248. The van der Waals surface area contributed by atoms with Crippen LogP contribution < -0.4 is 11.5 Å². The van der Waals surface area contributed by atoms with E-state index in [4.69, 9.17) is 11.5 Å². The van der Waals surface area contributed by atoms with E-state index >= 15 is 0 Å². The molecule has 2 nitrogen and oxygen atoms in total. The van der Waals surface area contributed by atoms with E-state index in [1.165, 1.54) is 0 Å².